The van der Waals surface area contributed by atoms with Crippen LogP contribution in [0.15, 0.2) is 109 Å². The molecule has 2 aliphatic heterocycles. The number of benzene rings is 4. The second-order valence-corrected chi connectivity index (χ2v) is 15.2. The number of alkyl halides is 12. The van der Waals surface area contributed by atoms with Gasteiger partial charge >= 0.3 is 264 Å². The summed E-state index contributed by atoms with van der Waals surface area (Å²) in [6.07, 6.45) is -28.6. The SMILES string of the molecule is O[C@@H](c1ccccc1)[C@H](c1ccccc1)P12(OC(C(F)(F)F)(C(F)(F)F)c3ccccc31)OC(C(F)(F)F)(C(F)(F)F)c1ccccc12. The van der Waals surface area contributed by atoms with E-state index in [1.807, 2.05) is 0 Å². The summed E-state index contributed by atoms with van der Waals surface area (Å²) < 4.78 is 193. The van der Waals surface area contributed by atoms with Gasteiger partial charge in [0, 0.05) is 0 Å². The topological polar surface area (TPSA) is 38.7 Å². The van der Waals surface area contributed by atoms with Crippen molar-refractivity contribution < 1.29 is 66.8 Å². The number of aliphatic hydroxyl groups is 1. The van der Waals surface area contributed by atoms with Crippen molar-refractivity contribution in [1.29, 1.82) is 0 Å². The fourth-order valence-electron chi connectivity index (χ4n) is 7.01. The van der Waals surface area contributed by atoms with Crippen LogP contribution < -0.4 is 10.6 Å². The van der Waals surface area contributed by atoms with Crippen molar-refractivity contribution in [2.75, 3.05) is 0 Å². The van der Waals surface area contributed by atoms with Gasteiger partial charge in [0.1, 0.15) is 0 Å². The van der Waals surface area contributed by atoms with Crippen LogP contribution in [-0.4, -0.2) is 29.8 Å². The molecule has 0 fully saturated rings. The Labute approximate surface area is 263 Å². The third-order valence-corrected chi connectivity index (χ3v) is 14.3. The third kappa shape index (κ3) is 4.13. The van der Waals surface area contributed by atoms with E-state index < -0.39 is 82.0 Å². The minimum absolute atomic E-state index is 0.277. The number of fused-ring (bicyclic) bond motifs is 4. The van der Waals surface area contributed by atoms with Crippen LogP contribution in [0.1, 0.15) is 34.0 Å². The van der Waals surface area contributed by atoms with Gasteiger partial charge in [0.25, 0.3) is 0 Å². The molecule has 4 aromatic carbocycles. The Morgan fingerprint density at radius 3 is 1.12 bits per heavy atom. The van der Waals surface area contributed by atoms with E-state index in [2.05, 4.69) is 0 Å². The Balaban J connectivity index is 1.94. The van der Waals surface area contributed by atoms with E-state index in [1.165, 1.54) is 36.4 Å². The molecule has 0 saturated carbocycles. The Morgan fingerprint density at radius 2 is 0.771 bits per heavy atom. The molecule has 0 aromatic heterocycles. The van der Waals surface area contributed by atoms with Crippen LogP contribution in [0.2, 0.25) is 0 Å². The summed E-state index contributed by atoms with van der Waals surface area (Å²) >= 11 is 0. The number of halogens is 12. The Hall–Kier alpha value is -3.65. The van der Waals surface area contributed by atoms with Crippen molar-refractivity contribution in [2.45, 2.75) is 47.7 Å². The van der Waals surface area contributed by atoms with Gasteiger partial charge in [0.05, 0.1) is 0 Å². The average molecular weight is 712 g/mol. The van der Waals surface area contributed by atoms with E-state index >= 15 is 52.7 Å². The second-order valence-electron chi connectivity index (χ2n) is 11.3. The molecule has 1 spiro atoms. The summed E-state index contributed by atoms with van der Waals surface area (Å²) in [7, 11) is -7.37. The maximum atomic E-state index is 15.2. The molecule has 16 heteroatoms. The molecule has 4 aromatic rings. The summed E-state index contributed by atoms with van der Waals surface area (Å²) in [6.45, 7) is 0. The predicted octanol–water partition coefficient (Wildman–Crippen LogP) is 9.20. The first-order chi connectivity index (χ1) is 22.2. The Morgan fingerprint density at radius 1 is 0.458 bits per heavy atom. The van der Waals surface area contributed by atoms with Gasteiger partial charge in [-0.25, -0.2) is 0 Å². The van der Waals surface area contributed by atoms with Crippen LogP contribution in [-0.2, 0) is 20.2 Å². The van der Waals surface area contributed by atoms with Crippen molar-refractivity contribution in [3.05, 3.63) is 131 Å². The van der Waals surface area contributed by atoms with Gasteiger partial charge in [-0.3, -0.25) is 0 Å². The van der Waals surface area contributed by atoms with Gasteiger partial charge in [-0.15, -0.1) is 0 Å². The third-order valence-electron chi connectivity index (χ3n) is 8.80. The molecule has 2 heterocycles. The molecule has 2 aliphatic rings. The first kappa shape index (κ1) is 34.2. The van der Waals surface area contributed by atoms with Gasteiger partial charge in [-0.2, -0.15) is 0 Å². The zero-order valence-electron chi connectivity index (χ0n) is 23.8. The summed E-state index contributed by atoms with van der Waals surface area (Å²) in [5.74, 6) is 0. The molecule has 256 valence electrons. The molecule has 0 amide bonds. The molecule has 1 N–H and O–H groups in total. The molecular formula is C32H21F12O3P. The number of rotatable bonds is 4. The van der Waals surface area contributed by atoms with Gasteiger partial charge in [-0.1, -0.05) is 0 Å². The normalized spacial score (nSPS) is 21.5. The zero-order valence-corrected chi connectivity index (χ0v) is 24.7. The monoisotopic (exact) mass is 712 g/mol. The van der Waals surface area contributed by atoms with Crippen molar-refractivity contribution in [3.63, 3.8) is 0 Å². The number of aliphatic hydroxyl groups excluding tert-OH is 1. The maximum absolute atomic E-state index is 15.2. The van der Waals surface area contributed by atoms with Crippen molar-refractivity contribution in [1.82, 2.24) is 0 Å². The summed E-state index contributed by atoms with van der Waals surface area (Å²) in [5.41, 5.74) is -18.0. The standard InChI is InChI=1S/C32H21F12O3P/c33-29(34,35)27(30(36,37)38)21-15-7-9-17-23(21)48(46-27,26(20-13-5-2-6-14-20)25(45)19-11-3-1-4-12-19)24-18-10-8-16-22(24)28(47-48,31(39,40)41)32(42,43)44/h1-18,25-26,45H/t25-,26-/m0/s1. The average Bonchev–Trinajstić information content (AvgIpc) is 3.46. The predicted molar refractivity (Wildman–Crippen MR) is 149 cm³/mol. The van der Waals surface area contributed by atoms with E-state index in [0.717, 1.165) is 36.4 Å². The van der Waals surface area contributed by atoms with Gasteiger partial charge < -0.3 is 0 Å². The van der Waals surface area contributed by atoms with Gasteiger partial charge in [0.15, 0.2) is 0 Å². The van der Waals surface area contributed by atoms with Crippen LogP contribution >= 0.6 is 7.06 Å². The van der Waals surface area contributed by atoms with Crippen molar-refractivity contribution in [3.8, 4) is 0 Å². The van der Waals surface area contributed by atoms with E-state index in [1.54, 1.807) is 0 Å². The Bertz CT molecular complexity index is 1720. The zero-order chi connectivity index (χ0) is 35.2. The molecular weight excluding hydrogens is 691 g/mol. The molecule has 48 heavy (non-hydrogen) atoms. The van der Waals surface area contributed by atoms with Crippen LogP contribution in [0.4, 0.5) is 52.7 Å². The minimum atomic E-state index is -7.37. The summed E-state index contributed by atoms with van der Waals surface area (Å²) in [6, 6.07) is 16.9. The number of hydrogen-bond donors (Lipinski definition) is 1. The molecule has 0 aliphatic carbocycles. The molecule has 0 bridgehead atoms. The van der Waals surface area contributed by atoms with Crippen LogP contribution in [0, 0.1) is 0 Å². The summed E-state index contributed by atoms with van der Waals surface area (Å²) in [5, 5.41) is 9.38. The molecule has 6 rings (SSSR count). The van der Waals surface area contributed by atoms with Gasteiger partial charge in [0.2, 0.25) is 0 Å². The Kier molecular flexibility index (Phi) is 7.43. The van der Waals surface area contributed by atoms with E-state index in [4.69, 9.17) is 9.05 Å². The first-order valence-electron chi connectivity index (χ1n) is 13.9. The van der Waals surface area contributed by atoms with E-state index in [9.17, 15) is 5.11 Å². The van der Waals surface area contributed by atoms with Crippen molar-refractivity contribution >= 4 is 17.7 Å². The summed E-state index contributed by atoms with van der Waals surface area (Å²) in [4.78, 5) is 0. The van der Waals surface area contributed by atoms with Crippen LogP contribution in [0.5, 0.6) is 0 Å². The molecule has 0 saturated heterocycles. The molecule has 3 nitrogen and oxygen atoms in total. The van der Waals surface area contributed by atoms with Crippen LogP contribution in [0.3, 0.4) is 0 Å². The molecule has 0 radical (unpaired) electrons. The van der Waals surface area contributed by atoms with Crippen molar-refractivity contribution in [2.24, 2.45) is 0 Å². The van der Waals surface area contributed by atoms with Gasteiger partial charge in [-0.05, 0) is 0 Å². The van der Waals surface area contributed by atoms with E-state index in [-0.39, 0.29) is 17.7 Å². The second kappa shape index (κ2) is 10.4. The molecule has 0 unspecified atom stereocenters. The first-order valence-corrected chi connectivity index (χ1v) is 16.0. The van der Waals surface area contributed by atoms with E-state index in [0.29, 0.717) is 24.3 Å². The molecule has 2 atom stereocenters. The fourth-order valence-corrected chi connectivity index (χ4v) is 13.7. The quantitative estimate of drug-likeness (QED) is 0.170. The van der Waals surface area contributed by atoms with Crippen LogP contribution in [0.25, 0.3) is 0 Å². The number of hydrogen-bond acceptors (Lipinski definition) is 3. The fraction of sp³-hybridized carbons (Fsp3) is 0.250.